The SMILES string of the molecule is NC=NC1CC(O)C(CO)O1. The molecule has 1 aliphatic heterocycles. The van der Waals surface area contributed by atoms with Gasteiger partial charge in [0.15, 0.2) is 6.23 Å². The van der Waals surface area contributed by atoms with Crippen LogP contribution in [0.4, 0.5) is 0 Å². The van der Waals surface area contributed by atoms with Crippen molar-refractivity contribution >= 4 is 6.34 Å². The van der Waals surface area contributed by atoms with Crippen LogP contribution in [-0.2, 0) is 4.74 Å². The fourth-order valence-corrected chi connectivity index (χ4v) is 1.06. The smallest absolute Gasteiger partial charge is 0.153 e. The number of hydrogen-bond donors (Lipinski definition) is 3. The van der Waals surface area contributed by atoms with Crippen LogP contribution in [0.3, 0.4) is 0 Å². The third-order valence-electron chi connectivity index (χ3n) is 1.64. The molecule has 1 aliphatic rings. The number of rotatable bonds is 2. The van der Waals surface area contributed by atoms with Gasteiger partial charge in [0.1, 0.15) is 6.10 Å². The number of aliphatic hydroxyl groups is 2. The molecule has 11 heavy (non-hydrogen) atoms. The monoisotopic (exact) mass is 160 g/mol. The number of aliphatic imine (C=N–C) groups is 1. The van der Waals surface area contributed by atoms with E-state index in [1.807, 2.05) is 0 Å². The second-order valence-corrected chi connectivity index (χ2v) is 2.41. The summed E-state index contributed by atoms with van der Waals surface area (Å²) in [5, 5.41) is 17.8. The Balaban J connectivity index is 2.42. The van der Waals surface area contributed by atoms with Gasteiger partial charge in [-0.1, -0.05) is 0 Å². The molecule has 0 aromatic rings. The van der Waals surface area contributed by atoms with E-state index in [-0.39, 0.29) is 6.61 Å². The molecule has 0 radical (unpaired) electrons. The number of hydrogen-bond acceptors (Lipinski definition) is 4. The summed E-state index contributed by atoms with van der Waals surface area (Å²) >= 11 is 0. The maximum atomic E-state index is 9.19. The van der Waals surface area contributed by atoms with Crippen molar-refractivity contribution in [3.05, 3.63) is 0 Å². The Hall–Kier alpha value is -0.650. The van der Waals surface area contributed by atoms with E-state index in [2.05, 4.69) is 4.99 Å². The lowest BCUT2D eigenvalue weighted by atomic mass is 10.2. The minimum atomic E-state index is -0.631. The van der Waals surface area contributed by atoms with E-state index >= 15 is 0 Å². The van der Waals surface area contributed by atoms with Crippen molar-refractivity contribution in [2.24, 2.45) is 10.7 Å². The fraction of sp³-hybridized carbons (Fsp3) is 0.833. The summed E-state index contributed by atoms with van der Waals surface area (Å²) in [5.74, 6) is 0. The average Bonchev–Trinajstić information content (AvgIpc) is 2.32. The molecule has 1 heterocycles. The predicted octanol–water partition coefficient (Wildman–Crippen LogP) is -1.56. The second-order valence-electron chi connectivity index (χ2n) is 2.41. The molecule has 5 nitrogen and oxygen atoms in total. The first-order valence-electron chi connectivity index (χ1n) is 3.45. The third-order valence-corrected chi connectivity index (χ3v) is 1.64. The molecule has 0 bridgehead atoms. The van der Waals surface area contributed by atoms with Crippen LogP contribution in [0.15, 0.2) is 4.99 Å². The van der Waals surface area contributed by atoms with Crippen LogP contribution >= 0.6 is 0 Å². The second kappa shape index (κ2) is 3.66. The molecule has 0 aliphatic carbocycles. The van der Waals surface area contributed by atoms with E-state index in [9.17, 15) is 5.11 Å². The number of aliphatic hydroxyl groups excluding tert-OH is 2. The normalized spacial score (nSPS) is 38.5. The quantitative estimate of drug-likeness (QED) is 0.337. The molecule has 0 aromatic heterocycles. The molecule has 4 N–H and O–H groups in total. The van der Waals surface area contributed by atoms with Gasteiger partial charge in [-0.05, 0) is 0 Å². The lowest BCUT2D eigenvalue weighted by molar-refractivity contribution is -0.0192. The van der Waals surface area contributed by atoms with Crippen LogP contribution in [0.25, 0.3) is 0 Å². The number of nitrogens with zero attached hydrogens (tertiary/aromatic N) is 1. The van der Waals surface area contributed by atoms with Crippen LogP contribution in [0.1, 0.15) is 6.42 Å². The Labute approximate surface area is 64.5 Å². The molecule has 0 spiro atoms. The Morgan fingerprint density at radius 1 is 1.73 bits per heavy atom. The molecule has 0 aromatic carbocycles. The summed E-state index contributed by atoms with van der Waals surface area (Å²) in [6, 6.07) is 0. The highest BCUT2D eigenvalue weighted by Crippen LogP contribution is 2.20. The van der Waals surface area contributed by atoms with Crippen LogP contribution in [0.5, 0.6) is 0 Å². The summed E-state index contributed by atoms with van der Waals surface area (Å²) in [7, 11) is 0. The van der Waals surface area contributed by atoms with Crippen molar-refractivity contribution in [1.29, 1.82) is 0 Å². The predicted molar refractivity (Wildman–Crippen MR) is 39.1 cm³/mol. The van der Waals surface area contributed by atoms with Crippen molar-refractivity contribution < 1.29 is 14.9 Å². The minimum Gasteiger partial charge on any atom is -0.394 e. The van der Waals surface area contributed by atoms with Gasteiger partial charge in [-0.3, -0.25) is 0 Å². The van der Waals surface area contributed by atoms with Crippen molar-refractivity contribution in [3.63, 3.8) is 0 Å². The standard InChI is InChI=1S/C6H12N2O3/c7-3-8-6-1-4(10)5(2-9)11-6/h3-6,9-10H,1-2H2,(H2,7,8). The van der Waals surface area contributed by atoms with Crippen LogP contribution in [0, 0.1) is 0 Å². The van der Waals surface area contributed by atoms with Crippen LogP contribution in [0.2, 0.25) is 0 Å². The molecule has 0 saturated carbocycles. The summed E-state index contributed by atoms with van der Waals surface area (Å²) in [6.45, 7) is -0.183. The molecule has 3 atom stereocenters. The van der Waals surface area contributed by atoms with Gasteiger partial charge in [0.2, 0.25) is 0 Å². The third kappa shape index (κ3) is 1.89. The topological polar surface area (TPSA) is 88.1 Å². The van der Waals surface area contributed by atoms with Gasteiger partial charge in [-0.2, -0.15) is 0 Å². The molecular formula is C6H12N2O3. The van der Waals surface area contributed by atoms with E-state index in [1.54, 1.807) is 0 Å². The van der Waals surface area contributed by atoms with Gasteiger partial charge in [-0.15, -0.1) is 0 Å². The van der Waals surface area contributed by atoms with Gasteiger partial charge in [0.25, 0.3) is 0 Å². The zero-order valence-corrected chi connectivity index (χ0v) is 6.05. The van der Waals surface area contributed by atoms with Gasteiger partial charge in [0.05, 0.1) is 19.0 Å². The van der Waals surface area contributed by atoms with Gasteiger partial charge in [0, 0.05) is 6.42 Å². The molecule has 64 valence electrons. The first-order chi connectivity index (χ1) is 5.27. The van der Waals surface area contributed by atoms with E-state index in [4.69, 9.17) is 15.6 Å². The first-order valence-corrected chi connectivity index (χ1v) is 3.45. The Kier molecular flexibility index (Phi) is 2.81. The molecule has 1 fully saturated rings. The molecule has 5 heteroatoms. The Bertz CT molecular complexity index is 151. The maximum Gasteiger partial charge on any atom is 0.153 e. The molecule has 3 unspecified atom stereocenters. The zero-order valence-electron chi connectivity index (χ0n) is 6.05. The van der Waals surface area contributed by atoms with Gasteiger partial charge in [-0.25, -0.2) is 4.99 Å². The van der Waals surface area contributed by atoms with Crippen molar-refractivity contribution in [1.82, 2.24) is 0 Å². The zero-order chi connectivity index (χ0) is 8.27. The van der Waals surface area contributed by atoms with E-state index < -0.39 is 18.4 Å². The van der Waals surface area contributed by atoms with Gasteiger partial charge < -0.3 is 20.7 Å². The highest BCUT2D eigenvalue weighted by molar-refractivity contribution is 5.51. The van der Waals surface area contributed by atoms with Crippen LogP contribution < -0.4 is 5.73 Å². The first kappa shape index (κ1) is 8.45. The Morgan fingerprint density at radius 2 is 2.45 bits per heavy atom. The number of nitrogens with two attached hydrogens (primary N) is 1. The molecule has 1 rings (SSSR count). The van der Waals surface area contributed by atoms with E-state index in [0.717, 1.165) is 6.34 Å². The lowest BCUT2D eigenvalue weighted by Crippen LogP contribution is -2.24. The number of ether oxygens (including phenoxy) is 1. The largest absolute Gasteiger partial charge is 0.394 e. The van der Waals surface area contributed by atoms with E-state index in [0.29, 0.717) is 6.42 Å². The summed E-state index contributed by atoms with van der Waals surface area (Å²) in [6.07, 6.45) is 0.000312. The molecular weight excluding hydrogens is 148 g/mol. The summed E-state index contributed by atoms with van der Waals surface area (Å²) in [5.41, 5.74) is 5.02. The molecule has 0 amide bonds. The lowest BCUT2D eigenvalue weighted by Gasteiger charge is -2.08. The summed E-state index contributed by atoms with van der Waals surface area (Å²) in [4.78, 5) is 3.73. The maximum absolute atomic E-state index is 9.19. The van der Waals surface area contributed by atoms with Crippen molar-refractivity contribution in [2.75, 3.05) is 6.61 Å². The van der Waals surface area contributed by atoms with Crippen molar-refractivity contribution in [2.45, 2.75) is 24.9 Å². The fourth-order valence-electron chi connectivity index (χ4n) is 1.06. The Morgan fingerprint density at radius 3 is 2.91 bits per heavy atom. The highest BCUT2D eigenvalue weighted by atomic mass is 16.5. The van der Waals surface area contributed by atoms with E-state index in [1.165, 1.54) is 0 Å². The summed E-state index contributed by atoms with van der Waals surface area (Å²) < 4.78 is 5.09. The van der Waals surface area contributed by atoms with Crippen molar-refractivity contribution in [3.8, 4) is 0 Å². The van der Waals surface area contributed by atoms with Crippen LogP contribution in [-0.4, -0.2) is 41.6 Å². The average molecular weight is 160 g/mol. The van der Waals surface area contributed by atoms with Gasteiger partial charge >= 0.3 is 0 Å². The minimum absolute atomic E-state index is 0.183. The highest BCUT2D eigenvalue weighted by Gasteiger charge is 2.32. The molecule has 1 saturated heterocycles.